The summed E-state index contributed by atoms with van der Waals surface area (Å²) in [6.45, 7) is 6.03. The van der Waals surface area contributed by atoms with E-state index in [0.717, 1.165) is 75.6 Å². The Morgan fingerprint density at radius 2 is 1.79 bits per heavy atom. The minimum atomic E-state index is 0.280. The number of carbonyl (C=O) groups excluding carboxylic acids is 1. The van der Waals surface area contributed by atoms with Crippen LogP contribution in [0.2, 0.25) is 0 Å². The predicted octanol–water partition coefficient (Wildman–Crippen LogP) is 5.77. The molecule has 4 nitrogen and oxygen atoms in total. The smallest absolute Gasteiger partial charge is 0.222 e. The highest BCUT2D eigenvalue weighted by Crippen LogP contribution is 2.45. The molecule has 0 bridgehead atoms. The molecule has 1 amide bonds. The quantitative estimate of drug-likeness (QED) is 0.506. The number of halogens is 2. The van der Waals surface area contributed by atoms with Gasteiger partial charge in [-0.25, -0.2) is 0 Å². The Morgan fingerprint density at radius 1 is 1.06 bits per heavy atom. The number of aromatic nitrogens is 1. The summed E-state index contributed by atoms with van der Waals surface area (Å²) in [5.74, 6) is 1.69. The molecule has 0 spiro atoms. The maximum atomic E-state index is 13.0. The molecular formula is C27H33Br2N3O. The van der Waals surface area contributed by atoms with Crippen LogP contribution in [0.5, 0.6) is 0 Å². The second kappa shape index (κ2) is 10.2. The number of piperidine rings is 2. The number of nitrogens with one attached hydrogen (secondary N) is 1. The van der Waals surface area contributed by atoms with Crippen LogP contribution in [0.25, 0.3) is 0 Å². The van der Waals surface area contributed by atoms with E-state index >= 15 is 0 Å². The van der Waals surface area contributed by atoms with Crippen molar-refractivity contribution >= 4 is 37.8 Å². The molecule has 1 atom stereocenters. The number of benzene rings is 1. The van der Waals surface area contributed by atoms with Crippen molar-refractivity contribution in [1.29, 1.82) is 0 Å². The first-order valence-electron chi connectivity index (χ1n) is 12.4. The minimum absolute atomic E-state index is 0.280. The van der Waals surface area contributed by atoms with Gasteiger partial charge in [0.1, 0.15) is 0 Å². The van der Waals surface area contributed by atoms with Crippen molar-refractivity contribution in [1.82, 2.24) is 15.2 Å². The summed E-state index contributed by atoms with van der Waals surface area (Å²) in [7, 11) is 0. The van der Waals surface area contributed by atoms with E-state index < -0.39 is 0 Å². The van der Waals surface area contributed by atoms with Gasteiger partial charge >= 0.3 is 0 Å². The van der Waals surface area contributed by atoms with Crippen molar-refractivity contribution in [3.8, 4) is 0 Å². The summed E-state index contributed by atoms with van der Waals surface area (Å²) in [4.78, 5) is 20.1. The number of nitrogens with zero attached hydrogens (tertiary/aromatic N) is 2. The Morgan fingerprint density at radius 3 is 2.55 bits per heavy atom. The van der Waals surface area contributed by atoms with E-state index in [-0.39, 0.29) is 5.92 Å². The molecule has 2 aromatic rings. The van der Waals surface area contributed by atoms with Gasteiger partial charge in [-0.15, -0.1) is 0 Å². The van der Waals surface area contributed by atoms with Crippen LogP contribution in [0.4, 0.5) is 0 Å². The Balaban J connectivity index is 1.38. The Hall–Kier alpha value is -1.24. The van der Waals surface area contributed by atoms with Gasteiger partial charge < -0.3 is 10.2 Å². The van der Waals surface area contributed by atoms with Crippen LogP contribution >= 0.6 is 31.9 Å². The summed E-state index contributed by atoms with van der Waals surface area (Å²) in [5, 5.41) is 3.40. The summed E-state index contributed by atoms with van der Waals surface area (Å²) in [6.07, 6.45) is 9.09. The summed E-state index contributed by atoms with van der Waals surface area (Å²) in [5.41, 5.74) is 6.78. The topological polar surface area (TPSA) is 45.2 Å². The monoisotopic (exact) mass is 573 g/mol. The lowest BCUT2D eigenvalue weighted by Crippen LogP contribution is -2.41. The van der Waals surface area contributed by atoms with E-state index in [1.807, 2.05) is 6.20 Å². The largest absolute Gasteiger partial charge is 0.343 e. The second-order valence-corrected chi connectivity index (χ2v) is 11.9. The van der Waals surface area contributed by atoms with Crippen LogP contribution < -0.4 is 5.32 Å². The third kappa shape index (κ3) is 5.08. The maximum absolute atomic E-state index is 13.0. The van der Waals surface area contributed by atoms with Gasteiger partial charge in [0.05, 0.1) is 5.69 Å². The van der Waals surface area contributed by atoms with E-state index in [0.29, 0.717) is 17.7 Å². The van der Waals surface area contributed by atoms with E-state index in [2.05, 4.69) is 67.2 Å². The van der Waals surface area contributed by atoms with Crippen LogP contribution in [-0.2, 0) is 17.6 Å². The van der Waals surface area contributed by atoms with Gasteiger partial charge in [0.25, 0.3) is 0 Å². The number of pyridine rings is 1. The van der Waals surface area contributed by atoms with Crippen molar-refractivity contribution in [2.75, 3.05) is 26.2 Å². The van der Waals surface area contributed by atoms with Crippen molar-refractivity contribution < 1.29 is 4.79 Å². The van der Waals surface area contributed by atoms with Gasteiger partial charge in [-0.3, -0.25) is 9.78 Å². The fraction of sp³-hybridized carbons (Fsp3) is 0.556. The zero-order chi connectivity index (χ0) is 22.9. The highest BCUT2D eigenvalue weighted by atomic mass is 79.9. The normalized spacial score (nSPS) is 21.9. The first kappa shape index (κ1) is 23.5. The van der Waals surface area contributed by atoms with E-state index in [4.69, 9.17) is 4.98 Å². The number of carbonyl (C=O) groups is 1. The van der Waals surface area contributed by atoms with E-state index in [1.54, 1.807) is 0 Å². The molecule has 1 unspecified atom stereocenters. The average molecular weight is 575 g/mol. The molecule has 1 aromatic heterocycles. The minimum Gasteiger partial charge on any atom is -0.343 e. The molecule has 2 saturated heterocycles. The van der Waals surface area contributed by atoms with Crippen LogP contribution in [0.15, 0.2) is 33.3 Å². The molecule has 33 heavy (non-hydrogen) atoms. The highest BCUT2D eigenvalue weighted by molar-refractivity contribution is 9.10. The highest BCUT2D eigenvalue weighted by Gasteiger charge is 2.36. The summed E-state index contributed by atoms with van der Waals surface area (Å²) >= 11 is 7.56. The van der Waals surface area contributed by atoms with Crippen molar-refractivity contribution in [2.45, 2.75) is 57.8 Å². The molecule has 1 aliphatic carbocycles. The summed E-state index contributed by atoms with van der Waals surface area (Å²) < 4.78 is 2.27. The van der Waals surface area contributed by atoms with Gasteiger partial charge in [0.2, 0.25) is 5.91 Å². The molecule has 3 aliphatic rings. The zero-order valence-electron chi connectivity index (χ0n) is 19.4. The molecular weight excluding hydrogens is 542 g/mol. The lowest BCUT2D eigenvalue weighted by atomic mass is 9.76. The number of rotatable bonds is 3. The number of amides is 1. The molecule has 6 heteroatoms. The Kier molecular flexibility index (Phi) is 7.24. The molecule has 2 aliphatic heterocycles. The fourth-order valence-corrected chi connectivity index (χ4v) is 7.40. The second-order valence-electron chi connectivity index (χ2n) is 10.1. The van der Waals surface area contributed by atoms with Crippen molar-refractivity contribution in [2.24, 2.45) is 11.8 Å². The third-order valence-corrected chi connectivity index (χ3v) is 8.97. The average Bonchev–Trinajstić information content (AvgIpc) is 2.96. The van der Waals surface area contributed by atoms with Gasteiger partial charge in [-0.1, -0.05) is 22.0 Å². The van der Waals surface area contributed by atoms with Crippen molar-refractivity contribution in [3.63, 3.8) is 0 Å². The van der Waals surface area contributed by atoms with E-state index in [1.165, 1.54) is 32.4 Å². The molecule has 0 radical (unpaired) electrons. The number of likely N-dealkylation sites (tertiary alicyclic amines) is 1. The van der Waals surface area contributed by atoms with Crippen LogP contribution in [0.1, 0.15) is 66.0 Å². The first-order chi connectivity index (χ1) is 16.0. The molecule has 3 heterocycles. The van der Waals surface area contributed by atoms with Gasteiger partial charge in [-0.2, -0.15) is 0 Å². The predicted molar refractivity (Wildman–Crippen MR) is 140 cm³/mol. The first-order valence-corrected chi connectivity index (χ1v) is 14.0. The molecule has 5 rings (SSSR count). The lowest BCUT2D eigenvalue weighted by molar-refractivity contribution is -0.133. The molecule has 1 N–H and O–H groups in total. The van der Waals surface area contributed by atoms with Crippen LogP contribution in [-0.4, -0.2) is 42.0 Å². The van der Waals surface area contributed by atoms with Crippen molar-refractivity contribution in [3.05, 3.63) is 61.3 Å². The maximum Gasteiger partial charge on any atom is 0.222 e. The molecule has 2 fully saturated rings. The van der Waals surface area contributed by atoms with E-state index in [9.17, 15) is 4.79 Å². The number of hydrogen-bond acceptors (Lipinski definition) is 3. The van der Waals surface area contributed by atoms with Crippen LogP contribution in [0, 0.1) is 18.8 Å². The lowest BCUT2D eigenvalue weighted by Gasteiger charge is -2.38. The third-order valence-electron chi connectivity index (χ3n) is 7.88. The summed E-state index contributed by atoms with van der Waals surface area (Å²) in [6, 6.07) is 6.89. The zero-order valence-corrected chi connectivity index (χ0v) is 22.6. The molecule has 176 valence electrons. The fourth-order valence-electron chi connectivity index (χ4n) is 6.16. The number of fused-ring (bicyclic) bond motifs is 2. The standard InChI is InChI=1S/C27H33Br2N3O/c1-17-12-20-2-3-21-15-22(28)16-31-27(21)26(25(20)23(29)13-17)19-6-10-32(11-7-19)24(33)14-18-4-8-30-9-5-18/h12-13,15-16,18-19,26,30H,2-11,14H2,1H3. The van der Waals surface area contributed by atoms with Gasteiger partial charge in [-0.05, 0) is 121 Å². The SMILES string of the molecule is Cc1cc(Br)c2c(c1)CCc1cc(Br)cnc1C2C1CCN(C(=O)CC2CCNCC2)CC1. The van der Waals surface area contributed by atoms with Gasteiger partial charge in [0, 0.05) is 40.6 Å². The Labute approximate surface area is 214 Å². The molecule has 0 saturated carbocycles. The van der Waals surface area contributed by atoms with Gasteiger partial charge in [0.15, 0.2) is 0 Å². The number of hydrogen-bond donors (Lipinski definition) is 1. The number of aryl methyl sites for hydroxylation is 3. The Bertz CT molecular complexity index is 1030. The molecule has 1 aromatic carbocycles. The van der Waals surface area contributed by atoms with Crippen LogP contribution in [0.3, 0.4) is 0 Å².